The van der Waals surface area contributed by atoms with E-state index in [-0.39, 0.29) is 11.6 Å². The Labute approximate surface area is 181 Å². The molecule has 0 aliphatic carbocycles. The molecular formula is C23H38N4O3. The lowest BCUT2D eigenvalue weighted by molar-refractivity contribution is -0.0828. The van der Waals surface area contributed by atoms with Crippen molar-refractivity contribution in [1.29, 1.82) is 0 Å². The number of benzene rings is 1. The summed E-state index contributed by atoms with van der Waals surface area (Å²) in [5.74, 6) is 1.78. The van der Waals surface area contributed by atoms with E-state index in [1.807, 2.05) is 12.1 Å². The number of guanidine groups is 1. The molecule has 2 aliphatic heterocycles. The number of nitrogens with zero attached hydrogens (tertiary/aromatic N) is 2. The van der Waals surface area contributed by atoms with Gasteiger partial charge in [0.15, 0.2) is 5.96 Å². The molecule has 2 saturated heterocycles. The van der Waals surface area contributed by atoms with E-state index in [4.69, 9.17) is 19.2 Å². The number of ether oxygens (including phenoxy) is 3. The topological polar surface area (TPSA) is 67.4 Å². The zero-order chi connectivity index (χ0) is 21.2. The highest BCUT2D eigenvalue weighted by atomic mass is 16.5. The zero-order valence-corrected chi connectivity index (χ0v) is 18.8. The maximum Gasteiger partial charge on any atom is 0.191 e. The average Bonchev–Trinajstić information content (AvgIpc) is 3.33. The molecule has 0 amide bonds. The standard InChI is InChI=1S/C23H38N4O3/c1-4-24-22(26-18-23(29-3)11-15-30-16-12-23)25-17-20(27-13-7-8-14-27)19-9-5-6-10-21(19)28-2/h5-6,9-10,20H,4,7-8,11-18H2,1-3H3,(H2,24,25,26). The predicted molar refractivity (Wildman–Crippen MR) is 120 cm³/mol. The Morgan fingerprint density at radius 2 is 1.90 bits per heavy atom. The van der Waals surface area contributed by atoms with Crippen LogP contribution >= 0.6 is 0 Å². The van der Waals surface area contributed by atoms with Crippen LogP contribution in [0.5, 0.6) is 5.75 Å². The van der Waals surface area contributed by atoms with Crippen LogP contribution in [0, 0.1) is 0 Å². The molecule has 2 aliphatic rings. The number of likely N-dealkylation sites (tertiary alicyclic amines) is 1. The molecule has 0 spiro atoms. The molecule has 0 radical (unpaired) electrons. The van der Waals surface area contributed by atoms with Crippen LogP contribution in [0.25, 0.3) is 0 Å². The Kier molecular flexibility index (Phi) is 8.78. The fourth-order valence-electron chi connectivity index (χ4n) is 4.36. The van der Waals surface area contributed by atoms with Crippen molar-refractivity contribution in [1.82, 2.24) is 15.5 Å². The largest absolute Gasteiger partial charge is 0.496 e. The predicted octanol–water partition coefficient (Wildman–Crippen LogP) is 2.58. The Balaban J connectivity index is 1.72. The molecule has 30 heavy (non-hydrogen) atoms. The number of rotatable bonds is 9. The number of aliphatic imine (C=N–C) groups is 1. The van der Waals surface area contributed by atoms with Gasteiger partial charge in [-0.25, -0.2) is 0 Å². The maximum absolute atomic E-state index is 5.85. The second-order valence-corrected chi connectivity index (χ2v) is 8.08. The van der Waals surface area contributed by atoms with E-state index >= 15 is 0 Å². The summed E-state index contributed by atoms with van der Waals surface area (Å²) < 4.78 is 17.0. The normalized spacial score (nSPS) is 20.7. The quantitative estimate of drug-likeness (QED) is 0.475. The lowest BCUT2D eigenvalue weighted by atomic mass is 9.94. The van der Waals surface area contributed by atoms with Gasteiger partial charge < -0.3 is 24.8 Å². The van der Waals surface area contributed by atoms with E-state index in [1.54, 1.807) is 14.2 Å². The molecule has 0 saturated carbocycles. The molecule has 1 atom stereocenters. The minimum absolute atomic E-state index is 0.225. The summed E-state index contributed by atoms with van der Waals surface area (Å²) in [7, 11) is 3.53. The van der Waals surface area contributed by atoms with Gasteiger partial charge in [-0.1, -0.05) is 18.2 Å². The first-order valence-corrected chi connectivity index (χ1v) is 11.2. The van der Waals surface area contributed by atoms with Crippen LogP contribution in [0.2, 0.25) is 0 Å². The third-order valence-corrected chi connectivity index (χ3v) is 6.25. The van der Waals surface area contributed by atoms with Gasteiger partial charge in [-0.2, -0.15) is 0 Å². The van der Waals surface area contributed by atoms with Gasteiger partial charge in [0, 0.05) is 51.8 Å². The van der Waals surface area contributed by atoms with E-state index in [0.717, 1.165) is 63.9 Å². The first kappa shape index (κ1) is 22.8. The first-order chi connectivity index (χ1) is 14.7. The van der Waals surface area contributed by atoms with Crippen LogP contribution in [0.15, 0.2) is 29.3 Å². The van der Waals surface area contributed by atoms with Crippen molar-refractivity contribution in [2.75, 3.05) is 60.2 Å². The SMILES string of the molecule is CCNC(=NCC1(OC)CCOCC1)NCC(c1ccccc1OC)N1CCCC1. The van der Waals surface area contributed by atoms with E-state index in [9.17, 15) is 0 Å². The third-order valence-electron chi connectivity index (χ3n) is 6.25. The molecule has 7 nitrogen and oxygen atoms in total. The lowest BCUT2D eigenvalue weighted by Gasteiger charge is -2.34. The van der Waals surface area contributed by atoms with Crippen LogP contribution in [-0.4, -0.2) is 76.6 Å². The molecular weight excluding hydrogens is 380 g/mol. The summed E-state index contributed by atoms with van der Waals surface area (Å²) in [5, 5.41) is 6.98. The Hall–Kier alpha value is -1.83. The van der Waals surface area contributed by atoms with E-state index < -0.39 is 0 Å². The summed E-state index contributed by atoms with van der Waals surface area (Å²) in [4.78, 5) is 7.42. The van der Waals surface area contributed by atoms with Crippen molar-refractivity contribution >= 4 is 5.96 Å². The van der Waals surface area contributed by atoms with Crippen LogP contribution in [0.4, 0.5) is 0 Å². The van der Waals surface area contributed by atoms with Crippen molar-refractivity contribution < 1.29 is 14.2 Å². The lowest BCUT2D eigenvalue weighted by Crippen LogP contribution is -2.45. The highest BCUT2D eigenvalue weighted by molar-refractivity contribution is 5.79. The van der Waals surface area contributed by atoms with Crippen LogP contribution < -0.4 is 15.4 Å². The van der Waals surface area contributed by atoms with Crippen molar-refractivity contribution in [2.45, 2.75) is 44.2 Å². The highest BCUT2D eigenvalue weighted by Crippen LogP contribution is 2.31. The van der Waals surface area contributed by atoms with Crippen LogP contribution in [-0.2, 0) is 9.47 Å². The summed E-state index contributed by atoms with van der Waals surface area (Å²) in [6, 6.07) is 8.58. The van der Waals surface area contributed by atoms with E-state index in [1.165, 1.54) is 18.4 Å². The van der Waals surface area contributed by atoms with Gasteiger partial charge in [0.25, 0.3) is 0 Å². The van der Waals surface area contributed by atoms with Gasteiger partial charge in [0.2, 0.25) is 0 Å². The second-order valence-electron chi connectivity index (χ2n) is 8.08. The molecule has 1 unspecified atom stereocenters. The van der Waals surface area contributed by atoms with E-state index in [0.29, 0.717) is 6.54 Å². The molecule has 0 bridgehead atoms. The van der Waals surface area contributed by atoms with Gasteiger partial charge >= 0.3 is 0 Å². The molecule has 168 valence electrons. The Morgan fingerprint density at radius 1 is 1.17 bits per heavy atom. The minimum Gasteiger partial charge on any atom is -0.496 e. The molecule has 3 rings (SSSR count). The smallest absolute Gasteiger partial charge is 0.191 e. The molecule has 1 aromatic carbocycles. The first-order valence-electron chi connectivity index (χ1n) is 11.2. The van der Waals surface area contributed by atoms with Crippen molar-refractivity contribution in [2.24, 2.45) is 4.99 Å². The van der Waals surface area contributed by atoms with Gasteiger partial charge in [0.1, 0.15) is 5.75 Å². The van der Waals surface area contributed by atoms with Crippen molar-refractivity contribution in [3.8, 4) is 5.75 Å². The average molecular weight is 419 g/mol. The summed E-state index contributed by atoms with van der Waals surface area (Å²) in [6.07, 6.45) is 4.25. The monoisotopic (exact) mass is 418 g/mol. The maximum atomic E-state index is 5.85. The number of hydrogen-bond donors (Lipinski definition) is 2. The summed E-state index contributed by atoms with van der Waals surface area (Å²) >= 11 is 0. The molecule has 2 N–H and O–H groups in total. The van der Waals surface area contributed by atoms with Gasteiger partial charge in [-0.05, 0) is 38.9 Å². The van der Waals surface area contributed by atoms with Crippen LogP contribution in [0.3, 0.4) is 0 Å². The summed E-state index contributed by atoms with van der Waals surface area (Å²) in [5.41, 5.74) is 1.00. The fourth-order valence-corrected chi connectivity index (χ4v) is 4.36. The molecule has 2 fully saturated rings. The number of nitrogens with one attached hydrogen (secondary N) is 2. The van der Waals surface area contributed by atoms with Gasteiger partial charge in [0.05, 0.1) is 25.3 Å². The number of hydrogen-bond acceptors (Lipinski definition) is 5. The molecule has 1 aromatic rings. The highest BCUT2D eigenvalue weighted by Gasteiger charge is 2.32. The Morgan fingerprint density at radius 3 is 2.57 bits per heavy atom. The summed E-state index contributed by atoms with van der Waals surface area (Å²) in [6.45, 7) is 8.01. The van der Waals surface area contributed by atoms with Gasteiger partial charge in [-0.3, -0.25) is 9.89 Å². The Bertz CT molecular complexity index is 670. The third kappa shape index (κ3) is 5.86. The van der Waals surface area contributed by atoms with Crippen LogP contribution in [0.1, 0.15) is 44.2 Å². The molecule has 2 heterocycles. The second kappa shape index (κ2) is 11.5. The van der Waals surface area contributed by atoms with Crippen molar-refractivity contribution in [3.05, 3.63) is 29.8 Å². The zero-order valence-electron chi connectivity index (χ0n) is 18.8. The number of para-hydroxylation sites is 1. The van der Waals surface area contributed by atoms with Gasteiger partial charge in [-0.15, -0.1) is 0 Å². The molecule has 7 heteroatoms. The fraction of sp³-hybridized carbons (Fsp3) is 0.696. The van der Waals surface area contributed by atoms with E-state index in [2.05, 4.69) is 34.6 Å². The van der Waals surface area contributed by atoms with Crippen molar-refractivity contribution in [3.63, 3.8) is 0 Å². The minimum atomic E-state index is -0.225. The molecule has 0 aromatic heterocycles. The number of methoxy groups -OCH3 is 2.